The van der Waals surface area contributed by atoms with Crippen molar-refractivity contribution in [3.63, 3.8) is 0 Å². The lowest BCUT2D eigenvalue weighted by atomic mass is 9.82. The molecule has 0 spiro atoms. The topological polar surface area (TPSA) is 79.3 Å². The third kappa shape index (κ3) is 4.58. The van der Waals surface area contributed by atoms with Crippen molar-refractivity contribution in [3.05, 3.63) is 40.4 Å². The molecule has 0 aliphatic carbocycles. The van der Waals surface area contributed by atoms with Crippen molar-refractivity contribution in [2.45, 2.75) is 33.1 Å². The van der Waals surface area contributed by atoms with Gasteiger partial charge in [0.2, 0.25) is 5.91 Å². The molecule has 1 heterocycles. The van der Waals surface area contributed by atoms with E-state index in [0.717, 1.165) is 10.6 Å². The highest BCUT2D eigenvalue weighted by Gasteiger charge is 2.35. The first-order valence-corrected chi connectivity index (χ1v) is 9.37. The van der Waals surface area contributed by atoms with Gasteiger partial charge in [-0.3, -0.25) is 9.59 Å². The predicted molar refractivity (Wildman–Crippen MR) is 99.9 cm³/mol. The van der Waals surface area contributed by atoms with Gasteiger partial charge in [-0.05, 0) is 18.9 Å². The second kappa shape index (κ2) is 8.45. The van der Waals surface area contributed by atoms with Crippen molar-refractivity contribution < 1.29 is 14.7 Å². The zero-order chi connectivity index (χ0) is 18.4. The van der Waals surface area contributed by atoms with Gasteiger partial charge in [-0.15, -0.1) is 11.3 Å². The summed E-state index contributed by atoms with van der Waals surface area (Å²) in [5.74, 6) is -1.11. The molecule has 0 unspecified atom stereocenters. The van der Waals surface area contributed by atoms with E-state index in [1.807, 2.05) is 37.4 Å². The zero-order valence-corrected chi connectivity index (χ0v) is 15.8. The molecular formula is C18H21ClN2O3S. The minimum absolute atomic E-state index is 0.115. The highest BCUT2D eigenvalue weighted by molar-refractivity contribution is 7.13. The van der Waals surface area contributed by atoms with Crippen LogP contribution in [0.2, 0.25) is 5.02 Å². The van der Waals surface area contributed by atoms with Crippen LogP contribution in [0.5, 0.6) is 0 Å². The van der Waals surface area contributed by atoms with Gasteiger partial charge in [-0.2, -0.15) is 0 Å². The summed E-state index contributed by atoms with van der Waals surface area (Å²) in [6.45, 7) is 3.76. The first kappa shape index (κ1) is 19.4. The van der Waals surface area contributed by atoms with E-state index in [1.165, 1.54) is 11.3 Å². The maximum absolute atomic E-state index is 12.2. The first-order valence-electron chi connectivity index (χ1n) is 8.11. The molecule has 0 bridgehead atoms. The van der Waals surface area contributed by atoms with E-state index in [-0.39, 0.29) is 18.9 Å². The summed E-state index contributed by atoms with van der Waals surface area (Å²) in [5, 5.41) is 15.3. The maximum Gasteiger partial charge on any atom is 0.311 e. The van der Waals surface area contributed by atoms with Gasteiger partial charge in [-0.25, -0.2) is 4.98 Å². The van der Waals surface area contributed by atoms with Crippen LogP contribution >= 0.6 is 22.9 Å². The Hall–Kier alpha value is -1.92. The van der Waals surface area contributed by atoms with Gasteiger partial charge >= 0.3 is 5.97 Å². The van der Waals surface area contributed by atoms with E-state index in [2.05, 4.69) is 10.3 Å². The quantitative estimate of drug-likeness (QED) is 0.725. The molecule has 0 fully saturated rings. The molecular weight excluding hydrogens is 360 g/mol. The van der Waals surface area contributed by atoms with Crippen LogP contribution in [-0.4, -0.2) is 28.5 Å². The average Bonchev–Trinajstić information content (AvgIpc) is 3.04. The Labute approximate surface area is 156 Å². The average molecular weight is 381 g/mol. The minimum Gasteiger partial charge on any atom is -0.481 e. The summed E-state index contributed by atoms with van der Waals surface area (Å²) >= 11 is 7.59. The van der Waals surface area contributed by atoms with E-state index < -0.39 is 11.4 Å². The Balaban J connectivity index is 2.00. The number of rotatable bonds is 8. The molecule has 1 aromatic carbocycles. The SMILES string of the molecule is CCC(CC)(CNC(=O)Cc1csc(-c2ccccc2Cl)n1)C(=O)O. The Morgan fingerprint density at radius 3 is 2.56 bits per heavy atom. The monoisotopic (exact) mass is 380 g/mol. The molecule has 5 nitrogen and oxygen atoms in total. The number of benzene rings is 1. The number of nitrogens with one attached hydrogen (secondary N) is 1. The summed E-state index contributed by atoms with van der Waals surface area (Å²) in [6, 6.07) is 7.42. The van der Waals surface area contributed by atoms with Gasteiger partial charge in [0.25, 0.3) is 0 Å². The van der Waals surface area contributed by atoms with E-state index in [0.29, 0.717) is 23.6 Å². The fourth-order valence-electron chi connectivity index (χ4n) is 2.52. The van der Waals surface area contributed by atoms with Crippen LogP contribution in [-0.2, 0) is 16.0 Å². The lowest BCUT2D eigenvalue weighted by molar-refractivity contribution is -0.149. The summed E-state index contributed by atoms with van der Waals surface area (Å²) in [4.78, 5) is 28.1. The van der Waals surface area contributed by atoms with Crippen molar-refractivity contribution in [2.24, 2.45) is 5.41 Å². The van der Waals surface area contributed by atoms with Gasteiger partial charge in [0.15, 0.2) is 0 Å². The number of carboxylic acid groups (broad SMARTS) is 1. The molecule has 25 heavy (non-hydrogen) atoms. The number of nitrogens with zero attached hydrogens (tertiary/aromatic N) is 1. The molecule has 0 saturated heterocycles. The van der Waals surface area contributed by atoms with Crippen LogP contribution < -0.4 is 5.32 Å². The van der Waals surface area contributed by atoms with Crippen molar-refractivity contribution in [2.75, 3.05) is 6.54 Å². The smallest absolute Gasteiger partial charge is 0.311 e. The predicted octanol–water partition coefficient (Wildman–Crippen LogP) is 4.01. The molecule has 2 rings (SSSR count). The number of carboxylic acids is 1. The summed E-state index contributed by atoms with van der Waals surface area (Å²) in [7, 11) is 0. The van der Waals surface area contributed by atoms with Gasteiger partial charge < -0.3 is 10.4 Å². The van der Waals surface area contributed by atoms with Gasteiger partial charge in [0, 0.05) is 17.5 Å². The number of carbonyl (C=O) groups excluding carboxylic acids is 1. The van der Waals surface area contributed by atoms with Crippen LogP contribution in [0.3, 0.4) is 0 Å². The summed E-state index contributed by atoms with van der Waals surface area (Å²) in [5.41, 5.74) is 0.564. The second-order valence-electron chi connectivity index (χ2n) is 5.87. The molecule has 2 N–H and O–H groups in total. The minimum atomic E-state index is -0.916. The highest BCUT2D eigenvalue weighted by atomic mass is 35.5. The maximum atomic E-state index is 12.2. The fourth-order valence-corrected chi connectivity index (χ4v) is 3.66. The first-order chi connectivity index (χ1) is 11.9. The number of carbonyl (C=O) groups is 2. The number of amides is 1. The highest BCUT2D eigenvalue weighted by Crippen LogP contribution is 2.30. The van der Waals surface area contributed by atoms with Crippen LogP contribution in [0.4, 0.5) is 0 Å². The number of aromatic nitrogens is 1. The van der Waals surface area contributed by atoms with E-state index in [9.17, 15) is 14.7 Å². The Morgan fingerprint density at radius 2 is 1.96 bits per heavy atom. The fraction of sp³-hybridized carbons (Fsp3) is 0.389. The standard InChI is InChI=1S/C18H21ClN2O3S/c1-3-18(4-2,17(23)24)11-20-15(22)9-12-10-25-16(21-12)13-7-5-6-8-14(13)19/h5-8,10H,3-4,9,11H2,1-2H3,(H,20,22)(H,23,24). The van der Waals surface area contributed by atoms with Crippen molar-refractivity contribution >= 4 is 34.8 Å². The lowest BCUT2D eigenvalue weighted by Crippen LogP contribution is -2.42. The van der Waals surface area contributed by atoms with Gasteiger partial charge in [0.05, 0.1) is 22.6 Å². The summed E-state index contributed by atoms with van der Waals surface area (Å²) in [6.07, 6.45) is 1.04. The van der Waals surface area contributed by atoms with Gasteiger partial charge in [0.1, 0.15) is 5.01 Å². The van der Waals surface area contributed by atoms with Crippen molar-refractivity contribution in [1.29, 1.82) is 0 Å². The molecule has 0 radical (unpaired) electrons. The number of hydrogen-bond donors (Lipinski definition) is 2. The Bertz CT molecular complexity index is 756. The van der Waals surface area contributed by atoms with E-state index >= 15 is 0 Å². The number of thiazole rings is 1. The lowest BCUT2D eigenvalue weighted by Gasteiger charge is -2.26. The number of hydrogen-bond acceptors (Lipinski definition) is 4. The van der Waals surface area contributed by atoms with Crippen LogP contribution in [0.1, 0.15) is 32.4 Å². The molecule has 134 valence electrons. The molecule has 0 aliphatic heterocycles. The number of aliphatic carboxylic acids is 1. The summed E-state index contributed by atoms with van der Waals surface area (Å²) < 4.78 is 0. The van der Waals surface area contributed by atoms with Crippen LogP contribution in [0, 0.1) is 5.41 Å². The van der Waals surface area contributed by atoms with Crippen LogP contribution in [0.25, 0.3) is 10.6 Å². The van der Waals surface area contributed by atoms with E-state index in [4.69, 9.17) is 11.6 Å². The third-order valence-corrected chi connectivity index (χ3v) is 5.68. The molecule has 1 amide bonds. The Morgan fingerprint density at radius 1 is 1.28 bits per heavy atom. The molecule has 0 aliphatic rings. The molecule has 0 saturated carbocycles. The van der Waals surface area contributed by atoms with Crippen molar-refractivity contribution in [1.82, 2.24) is 10.3 Å². The Kier molecular flexibility index (Phi) is 6.56. The largest absolute Gasteiger partial charge is 0.481 e. The third-order valence-electron chi connectivity index (χ3n) is 4.43. The molecule has 2 aromatic rings. The van der Waals surface area contributed by atoms with E-state index in [1.54, 1.807) is 6.07 Å². The number of halogens is 1. The van der Waals surface area contributed by atoms with Gasteiger partial charge in [-0.1, -0.05) is 43.6 Å². The molecule has 0 atom stereocenters. The second-order valence-corrected chi connectivity index (χ2v) is 7.14. The van der Waals surface area contributed by atoms with Crippen molar-refractivity contribution in [3.8, 4) is 10.6 Å². The van der Waals surface area contributed by atoms with Crippen LogP contribution in [0.15, 0.2) is 29.6 Å². The molecule has 1 aromatic heterocycles. The normalized spacial score (nSPS) is 11.3. The molecule has 7 heteroatoms. The zero-order valence-electron chi connectivity index (χ0n) is 14.2.